The first-order valence-electron chi connectivity index (χ1n) is 7.19. The van der Waals surface area contributed by atoms with E-state index in [2.05, 4.69) is 34.4 Å². The molecular formula is C15H20N4O. The summed E-state index contributed by atoms with van der Waals surface area (Å²) in [6.45, 7) is 4.98. The Balaban J connectivity index is 1.80. The van der Waals surface area contributed by atoms with E-state index < -0.39 is 0 Å². The van der Waals surface area contributed by atoms with Crippen LogP contribution < -0.4 is 10.6 Å². The molecule has 1 aliphatic rings. The molecule has 5 heteroatoms. The van der Waals surface area contributed by atoms with E-state index in [1.165, 1.54) is 12.8 Å². The molecule has 0 saturated heterocycles. The molecule has 2 aromatic rings. The zero-order valence-corrected chi connectivity index (χ0v) is 11.9. The first-order chi connectivity index (χ1) is 9.76. The first kappa shape index (κ1) is 13.0. The number of furan rings is 1. The Labute approximate surface area is 118 Å². The van der Waals surface area contributed by atoms with E-state index in [1.807, 2.05) is 18.2 Å². The van der Waals surface area contributed by atoms with Crippen molar-refractivity contribution in [3.8, 4) is 0 Å². The average Bonchev–Trinajstić information content (AvgIpc) is 3.13. The van der Waals surface area contributed by atoms with Crippen molar-refractivity contribution >= 4 is 11.6 Å². The summed E-state index contributed by atoms with van der Waals surface area (Å²) in [6, 6.07) is 5.90. The summed E-state index contributed by atoms with van der Waals surface area (Å²) in [4.78, 5) is 9.19. The van der Waals surface area contributed by atoms with Crippen molar-refractivity contribution in [2.45, 2.75) is 38.6 Å². The van der Waals surface area contributed by atoms with E-state index in [0.717, 1.165) is 29.8 Å². The molecular weight excluding hydrogens is 252 g/mol. The highest BCUT2D eigenvalue weighted by Gasteiger charge is 2.27. The van der Waals surface area contributed by atoms with Crippen molar-refractivity contribution in [2.75, 3.05) is 17.2 Å². The number of rotatable bonds is 6. The van der Waals surface area contributed by atoms with Crippen molar-refractivity contribution in [1.82, 2.24) is 9.97 Å². The second-order valence-corrected chi connectivity index (χ2v) is 5.18. The van der Waals surface area contributed by atoms with E-state index in [0.29, 0.717) is 5.92 Å². The summed E-state index contributed by atoms with van der Waals surface area (Å²) in [5, 5.41) is 6.65. The summed E-state index contributed by atoms with van der Waals surface area (Å²) >= 11 is 0. The predicted molar refractivity (Wildman–Crippen MR) is 78.9 cm³/mol. The van der Waals surface area contributed by atoms with Crippen LogP contribution in [0.4, 0.5) is 11.6 Å². The molecule has 1 aliphatic carbocycles. The summed E-state index contributed by atoms with van der Waals surface area (Å²) in [7, 11) is 0. The second-order valence-electron chi connectivity index (χ2n) is 5.18. The zero-order valence-electron chi connectivity index (χ0n) is 11.9. The molecule has 0 bridgehead atoms. The van der Waals surface area contributed by atoms with Gasteiger partial charge in [-0.25, -0.2) is 9.97 Å². The molecule has 0 aliphatic heterocycles. The minimum Gasteiger partial charge on any atom is -0.467 e. The lowest BCUT2D eigenvalue weighted by Gasteiger charge is -2.14. The van der Waals surface area contributed by atoms with E-state index in [4.69, 9.17) is 4.42 Å². The van der Waals surface area contributed by atoms with Gasteiger partial charge >= 0.3 is 0 Å². The van der Waals surface area contributed by atoms with Gasteiger partial charge in [-0.3, -0.25) is 0 Å². The van der Waals surface area contributed by atoms with Crippen LogP contribution in [0.2, 0.25) is 0 Å². The SMILES string of the molecule is CCNc1cc(NC(C)c2ccco2)nc(C2CC2)n1. The molecule has 20 heavy (non-hydrogen) atoms. The van der Waals surface area contributed by atoms with Crippen molar-refractivity contribution in [3.63, 3.8) is 0 Å². The Morgan fingerprint density at radius 1 is 1.35 bits per heavy atom. The van der Waals surface area contributed by atoms with Gasteiger partial charge in [-0.1, -0.05) is 0 Å². The van der Waals surface area contributed by atoms with Crippen molar-refractivity contribution in [3.05, 3.63) is 36.0 Å². The highest BCUT2D eigenvalue weighted by Crippen LogP contribution is 2.39. The van der Waals surface area contributed by atoms with E-state index in [1.54, 1.807) is 6.26 Å². The van der Waals surface area contributed by atoms with Crippen LogP contribution in [0.15, 0.2) is 28.9 Å². The molecule has 0 spiro atoms. The van der Waals surface area contributed by atoms with Crippen molar-refractivity contribution in [2.24, 2.45) is 0 Å². The lowest BCUT2D eigenvalue weighted by Crippen LogP contribution is -2.10. The van der Waals surface area contributed by atoms with Gasteiger partial charge in [0.25, 0.3) is 0 Å². The molecule has 3 rings (SSSR count). The first-order valence-corrected chi connectivity index (χ1v) is 7.19. The summed E-state index contributed by atoms with van der Waals surface area (Å²) < 4.78 is 5.41. The predicted octanol–water partition coefficient (Wildman–Crippen LogP) is 3.55. The fourth-order valence-corrected chi connectivity index (χ4v) is 2.17. The van der Waals surface area contributed by atoms with Crippen molar-refractivity contribution < 1.29 is 4.42 Å². The number of hydrogen-bond donors (Lipinski definition) is 2. The van der Waals surface area contributed by atoms with Gasteiger partial charge in [-0.15, -0.1) is 0 Å². The fourth-order valence-electron chi connectivity index (χ4n) is 2.17. The lowest BCUT2D eigenvalue weighted by atomic mass is 10.2. The highest BCUT2D eigenvalue weighted by molar-refractivity contribution is 5.49. The molecule has 0 radical (unpaired) electrons. The molecule has 1 atom stereocenters. The molecule has 106 valence electrons. The van der Waals surface area contributed by atoms with Gasteiger partial charge in [0.15, 0.2) is 0 Å². The molecule has 0 amide bonds. The monoisotopic (exact) mass is 272 g/mol. The molecule has 2 aromatic heterocycles. The number of nitrogens with zero attached hydrogens (tertiary/aromatic N) is 2. The third-order valence-corrected chi connectivity index (χ3v) is 3.38. The third kappa shape index (κ3) is 2.92. The second kappa shape index (κ2) is 5.53. The molecule has 5 nitrogen and oxygen atoms in total. The Bertz CT molecular complexity index is 563. The molecule has 1 saturated carbocycles. The average molecular weight is 272 g/mol. The summed E-state index contributed by atoms with van der Waals surface area (Å²) in [6.07, 6.45) is 4.08. The van der Waals surface area contributed by atoms with Gasteiger partial charge in [0.2, 0.25) is 0 Å². The maximum atomic E-state index is 5.41. The van der Waals surface area contributed by atoms with Gasteiger partial charge in [-0.05, 0) is 38.8 Å². The van der Waals surface area contributed by atoms with E-state index in [-0.39, 0.29) is 6.04 Å². The fraction of sp³-hybridized carbons (Fsp3) is 0.467. The maximum Gasteiger partial charge on any atom is 0.136 e. The third-order valence-electron chi connectivity index (χ3n) is 3.38. The largest absolute Gasteiger partial charge is 0.467 e. The zero-order chi connectivity index (χ0) is 13.9. The molecule has 2 N–H and O–H groups in total. The van der Waals surface area contributed by atoms with Crippen LogP contribution in [0.3, 0.4) is 0 Å². The van der Waals surface area contributed by atoms with Crippen LogP contribution in [0.25, 0.3) is 0 Å². The van der Waals surface area contributed by atoms with Gasteiger partial charge < -0.3 is 15.1 Å². The van der Waals surface area contributed by atoms with Crippen LogP contribution in [-0.4, -0.2) is 16.5 Å². The number of hydrogen-bond acceptors (Lipinski definition) is 5. The van der Waals surface area contributed by atoms with Gasteiger partial charge in [0.1, 0.15) is 23.2 Å². The Morgan fingerprint density at radius 2 is 2.15 bits per heavy atom. The number of aromatic nitrogens is 2. The van der Waals surface area contributed by atoms with Crippen LogP contribution in [0.5, 0.6) is 0 Å². The summed E-state index contributed by atoms with van der Waals surface area (Å²) in [5.74, 6) is 4.12. The number of nitrogens with one attached hydrogen (secondary N) is 2. The molecule has 1 fully saturated rings. The van der Waals surface area contributed by atoms with Crippen LogP contribution in [0, 0.1) is 0 Å². The van der Waals surface area contributed by atoms with Crippen LogP contribution in [-0.2, 0) is 0 Å². The normalized spacial score (nSPS) is 15.9. The summed E-state index contributed by atoms with van der Waals surface area (Å²) in [5.41, 5.74) is 0. The van der Waals surface area contributed by atoms with Crippen LogP contribution in [0.1, 0.15) is 50.2 Å². The quantitative estimate of drug-likeness (QED) is 0.842. The lowest BCUT2D eigenvalue weighted by molar-refractivity contribution is 0.490. The number of anilines is 2. The van der Waals surface area contributed by atoms with Crippen LogP contribution >= 0.6 is 0 Å². The minimum absolute atomic E-state index is 0.0847. The minimum atomic E-state index is 0.0847. The highest BCUT2D eigenvalue weighted by atomic mass is 16.3. The Kier molecular flexibility index (Phi) is 3.58. The van der Waals surface area contributed by atoms with E-state index in [9.17, 15) is 0 Å². The molecule has 2 heterocycles. The molecule has 1 unspecified atom stereocenters. The standard InChI is InChI=1S/C15H20N4O/c1-3-16-13-9-14(19-15(18-13)11-6-7-11)17-10(2)12-5-4-8-20-12/h4-5,8-11H,3,6-7H2,1-2H3,(H2,16,17,18,19). The topological polar surface area (TPSA) is 63.0 Å². The van der Waals surface area contributed by atoms with Gasteiger partial charge in [0.05, 0.1) is 12.3 Å². The smallest absolute Gasteiger partial charge is 0.136 e. The molecule has 0 aromatic carbocycles. The van der Waals surface area contributed by atoms with Gasteiger partial charge in [-0.2, -0.15) is 0 Å². The van der Waals surface area contributed by atoms with Gasteiger partial charge in [0, 0.05) is 18.5 Å². The van der Waals surface area contributed by atoms with E-state index >= 15 is 0 Å². The Morgan fingerprint density at radius 3 is 2.80 bits per heavy atom. The Hall–Kier alpha value is -2.04. The maximum absolute atomic E-state index is 5.41. The van der Waals surface area contributed by atoms with Crippen molar-refractivity contribution in [1.29, 1.82) is 0 Å².